The van der Waals surface area contributed by atoms with Gasteiger partial charge < -0.3 is 0 Å². The van der Waals surface area contributed by atoms with Gasteiger partial charge in [-0.25, -0.2) is 13.1 Å². The second-order valence-electron chi connectivity index (χ2n) is 6.40. The summed E-state index contributed by atoms with van der Waals surface area (Å²) in [6.45, 7) is 2.41. The van der Waals surface area contributed by atoms with Crippen molar-refractivity contribution in [1.82, 2.24) is 9.62 Å². The quantitative estimate of drug-likeness (QED) is 0.800. The predicted octanol–water partition coefficient (Wildman–Crippen LogP) is 3.60. The lowest BCUT2D eigenvalue weighted by molar-refractivity contribution is 0.246. The number of nitrogens with one attached hydrogen (secondary N) is 1. The van der Waals surface area contributed by atoms with Gasteiger partial charge in [0.1, 0.15) is 0 Å². The van der Waals surface area contributed by atoms with Crippen LogP contribution in [-0.4, -0.2) is 33.0 Å². The second-order valence-corrected chi connectivity index (χ2v) is 8.65. The van der Waals surface area contributed by atoms with E-state index in [1.807, 2.05) is 18.2 Å². The van der Waals surface area contributed by atoms with E-state index in [1.165, 1.54) is 12.8 Å². The van der Waals surface area contributed by atoms with Gasteiger partial charge in [0, 0.05) is 17.6 Å². The normalized spacial score (nSPS) is 16.8. The van der Waals surface area contributed by atoms with E-state index in [-0.39, 0.29) is 11.8 Å². The monoisotopic (exact) mass is 378 g/mol. The molecule has 1 heterocycles. The highest BCUT2D eigenvalue weighted by Crippen LogP contribution is 2.24. The number of hydrogen-bond acceptors (Lipinski definition) is 3. The molecule has 0 saturated carbocycles. The van der Waals surface area contributed by atoms with E-state index in [1.54, 1.807) is 24.3 Å². The Hall–Kier alpha value is -1.40. The zero-order valence-corrected chi connectivity index (χ0v) is 15.6. The fourth-order valence-corrected chi connectivity index (χ4v) is 4.51. The molecule has 6 heteroatoms. The van der Waals surface area contributed by atoms with Crippen molar-refractivity contribution >= 4 is 21.6 Å². The summed E-state index contributed by atoms with van der Waals surface area (Å²) in [7, 11) is -3.40. The van der Waals surface area contributed by atoms with E-state index in [2.05, 4.69) is 21.8 Å². The average molecular weight is 379 g/mol. The Balaban J connectivity index is 1.68. The minimum absolute atomic E-state index is 0.0360. The Labute approximate surface area is 154 Å². The van der Waals surface area contributed by atoms with Crippen LogP contribution in [0.4, 0.5) is 0 Å². The fraction of sp³-hybridized carbons (Fsp3) is 0.368. The number of benzene rings is 2. The summed E-state index contributed by atoms with van der Waals surface area (Å²) in [6, 6.07) is 17.1. The lowest BCUT2D eigenvalue weighted by Gasteiger charge is -2.28. The first-order valence-electron chi connectivity index (χ1n) is 8.54. The van der Waals surface area contributed by atoms with E-state index in [4.69, 9.17) is 11.6 Å². The van der Waals surface area contributed by atoms with Gasteiger partial charge in [0.25, 0.3) is 0 Å². The smallest absolute Gasteiger partial charge is 0.215 e. The van der Waals surface area contributed by atoms with Gasteiger partial charge in [-0.2, -0.15) is 0 Å². The van der Waals surface area contributed by atoms with Gasteiger partial charge in [0.15, 0.2) is 0 Å². The van der Waals surface area contributed by atoms with Crippen LogP contribution in [0.1, 0.15) is 30.0 Å². The highest BCUT2D eigenvalue weighted by atomic mass is 35.5. The van der Waals surface area contributed by atoms with Crippen LogP contribution < -0.4 is 4.72 Å². The van der Waals surface area contributed by atoms with E-state index in [0.29, 0.717) is 11.6 Å². The van der Waals surface area contributed by atoms with E-state index in [0.717, 1.165) is 24.2 Å². The van der Waals surface area contributed by atoms with Crippen molar-refractivity contribution in [1.29, 1.82) is 0 Å². The molecule has 2 aromatic rings. The zero-order chi connectivity index (χ0) is 17.7. The summed E-state index contributed by atoms with van der Waals surface area (Å²) in [6.07, 6.45) is 2.34. The third-order valence-electron chi connectivity index (χ3n) is 4.53. The van der Waals surface area contributed by atoms with Crippen molar-refractivity contribution in [2.75, 3.05) is 19.6 Å². The molecule has 0 bridgehead atoms. The molecular formula is C19H23ClN2O2S. The van der Waals surface area contributed by atoms with Crippen LogP contribution in [0, 0.1) is 0 Å². The molecule has 2 aromatic carbocycles. The van der Waals surface area contributed by atoms with Gasteiger partial charge in [-0.15, -0.1) is 0 Å². The Morgan fingerprint density at radius 2 is 1.64 bits per heavy atom. The molecule has 0 amide bonds. The van der Waals surface area contributed by atoms with E-state index >= 15 is 0 Å². The van der Waals surface area contributed by atoms with Crippen LogP contribution in [0.15, 0.2) is 54.6 Å². The van der Waals surface area contributed by atoms with Crippen molar-refractivity contribution in [3.8, 4) is 0 Å². The largest absolute Gasteiger partial charge is 0.295 e. The molecule has 1 saturated heterocycles. The van der Waals surface area contributed by atoms with Crippen molar-refractivity contribution in [3.05, 3.63) is 70.7 Å². The Morgan fingerprint density at radius 3 is 2.28 bits per heavy atom. The van der Waals surface area contributed by atoms with Crippen LogP contribution in [0.5, 0.6) is 0 Å². The lowest BCUT2D eigenvalue weighted by Crippen LogP contribution is -2.37. The van der Waals surface area contributed by atoms with Crippen LogP contribution >= 0.6 is 11.6 Å². The van der Waals surface area contributed by atoms with Gasteiger partial charge in [-0.3, -0.25) is 4.90 Å². The Kier molecular flexibility index (Phi) is 6.12. The summed E-state index contributed by atoms with van der Waals surface area (Å²) in [5.41, 5.74) is 1.88. The Bertz CT molecular complexity index is 773. The third kappa shape index (κ3) is 5.28. The zero-order valence-electron chi connectivity index (χ0n) is 14.1. The third-order valence-corrected chi connectivity index (χ3v) is 6.10. The van der Waals surface area contributed by atoms with Gasteiger partial charge in [0.2, 0.25) is 10.0 Å². The number of sulfonamides is 1. The van der Waals surface area contributed by atoms with Crippen LogP contribution in [0.25, 0.3) is 0 Å². The van der Waals surface area contributed by atoms with Crippen LogP contribution in [0.3, 0.4) is 0 Å². The van der Waals surface area contributed by atoms with Crippen LogP contribution in [0.2, 0.25) is 5.02 Å². The van der Waals surface area contributed by atoms with E-state index in [9.17, 15) is 8.42 Å². The standard InChI is InChI=1S/C19H23ClN2O2S/c20-18-10-8-16(9-11-18)15-25(23,24)21-14-19(22-12-4-5-13-22)17-6-2-1-3-7-17/h1-3,6-11,19,21H,4-5,12-15H2. The molecule has 25 heavy (non-hydrogen) atoms. The molecule has 3 rings (SSSR count). The summed E-state index contributed by atoms with van der Waals surface area (Å²) < 4.78 is 27.7. The SMILES string of the molecule is O=S(=O)(Cc1ccc(Cl)cc1)NCC(c1ccccc1)N1CCCC1. The maximum Gasteiger partial charge on any atom is 0.215 e. The molecule has 1 atom stereocenters. The molecule has 0 spiro atoms. The molecule has 0 radical (unpaired) electrons. The molecule has 1 aliphatic rings. The number of likely N-dealkylation sites (tertiary alicyclic amines) is 1. The molecule has 1 unspecified atom stereocenters. The van der Waals surface area contributed by atoms with Gasteiger partial charge in [0.05, 0.1) is 5.75 Å². The highest BCUT2D eigenvalue weighted by Gasteiger charge is 2.25. The maximum atomic E-state index is 12.5. The number of rotatable bonds is 7. The molecule has 4 nitrogen and oxygen atoms in total. The fourth-order valence-electron chi connectivity index (χ4n) is 3.24. The molecule has 0 aliphatic carbocycles. The van der Waals surface area contributed by atoms with Crippen molar-refractivity contribution < 1.29 is 8.42 Å². The summed E-state index contributed by atoms with van der Waals surface area (Å²) >= 11 is 5.86. The maximum absolute atomic E-state index is 12.5. The molecule has 1 N–H and O–H groups in total. The van der Waals surface area contributed by atoms with Crippen molar-refractivity contribution in [3.63, 3.8) is 0 Å². The lowest BCUT2D eigenvalue weighted by atomic mass is 10.1. The molecule has 0 aromatic heterocycles. The Morgan fingerprint density at radius 1 is 1.00 bits per heavy atom. The van der Waals surface area contributed by atoms with Crippen LogP contribution in [-0.2, 0) is 15.8 Å². The van der Waals surface area contributed by atoms with Gasteiger partial charge in [-0.1, -0.05) is 54.1 Å². The summed E-state index contributed by atoms with van der Waals surface area (Å²) in [5.74, 6) is -0.0360. The minimum atomic E-state index is -3.40. The average Bonchev–Trinajstić information content (AvgIpc) is 3.12. The first-order chi connectivity index (χ1) is 12.0. The first kappa shape index (κ1) is 18.4. The molecule has 1 fully saturated rings. The molecule has 134 valence electrons. The molecular weight excluding hydrogens is 356 g/mol. The number of halogens is 1. The topological polar surface area (TPSA) is 49.4 Å². The van der Waals surface area contributed by atoms with Gasteiger partial charge in [-0.05, 0) is 49.2 Å². The molecule has 1 aliphatic heterocycles. The predicted molar refractivity (Wildman–Crippen MR) is 102 cm³/mol. The second kappa shape index (κ2) is 8.32. The van der Waals surface area contributed by atoms with E-state index < -0.39 is 10.0 Å². The van der Waals surface area contributed by atoms with Crippen molar-refractivity contribution in [2.24, 2.45) is 0 Å². The number of nitrogens with zero attached hydrogens (tertiary/aromatic N) is 1. The van der Waals surface area contributed by atoms with Gasteiger partial charge >= 0.3 is 0 Å². The minimum Gasteiger partial charge on any atom is -0.295 e. The number of hydrogen-bond donors (Lipinski definition) is 1. The first-order valence-corrected chi connectivity index (χ1v) is 10.6. The highest BCUT2D eigenvalue weighted by molar-refractivity contribution is 7.88. The summed E-state index contributed by atoms with van der Waals surface area (Å²) in [4.78, 5) is 2.36. The van der Waals surface area contributed by atoms with Crippen molar-refractivity contribution in [2.45, 2.75) is 24.6 Å². The summed E-state index contributed by atoms with van der Waals surface area (Å²) in [5, 5.41) is 0.604.